The summed E-state index contributed by atoms with van der Waals surface area (Å²) in [6, 6.07) is -12.5. The Hall–Kier alpha value is -11.3. The van der Waals surface area contributed by atoms with Crippen LogP contribution in [0.3, 0.4) is 0 Å². The minimum absolute atomic E-state index is 0.0635. The topological polar surface area (TPSA) is 689 Å². The van der Waals surface area contributed by atoms with E-state index in [4.69, 9.17) is 22.9 Å². The van der Waals surface area contributed by atoms with Crippen LogP contribution in [0, 0.1) is 11.8 Å². The largest absolute Gasteiger partial charge is 0.481 e. The smallest absolute Gasteiger partial charge is 0.305 e. The normalized spacial score (nSPS) is 24.0. The Morgan fingerprint density at radius 1 is 0.546 bits per heavy atom. The van der Waals surface area contributed by atoms with E-state index >= 15 is 4.79 Å². The van der Waals surface area contributed by atoms with Crippen molar-refractivity contribution in [2.45, 2.75) is 273 Å². The summed E-state index contributed by atoms with van der Waals surface area (Å²) in [6.45, 7) is 7.12. The average molecular weight is 1680 g/mol. The van der Waals surface area contributed by atoms with Gasteiger partial charge in [-0.1, -0.05) is 102 Å². The monoisotopic (exact) mass is 1680 g/mol. The summed E-state index contributed by atoms with van der Waals surface area (Å²) < 4.78 is 0. The molecule has 26 N–H and O–H groups in total. The number of aliphatic hydroxyl groups is 3. The molecule has 3 rings (SSSR count). The van der Waals surface area contributed by atoms with Crippen molar-refractivity contribution >= 4 is 112 Å². The Kier molecular flexibility index (Phi) is 43.8. The first-order valence-electron chi connectivity index (χ1n) is 39.9. The minimum atomic E-state index is -2.15. The molecule has 42 nitrogen and oxygen atoms in total. The standard InChI is InChI=1S/C77H122N18O24/c1-8-42(3)60-72(116)88-52(39-96)67(111)86-51(37-57(80)101)69(113)93-76(6,74(118)89-49(35-45-25-18-17-19-26-45)65(109)82-46(27-20-23-33-78)63(107)83-47(29-30-58(102)103)64(108)84-48(62(81)106)38-59(104)105)31-21-15-13-11-10-12-14-16-22-32-77(7,94-70(114)54(41-98)87-71(115)55-28-24-34-95(55)44(5)99)75(119)90-53(40-97)68(112)85-50(36-56(79)100)66(110)91-61(43(4)9-2)73(117)92-60/h11,13,17-19,25-26,42-43,46-55,60-61,96-98H,8-10,12,14-16,20-24,27-41,78H2,1-7H3,(H2,79,100)(H2,80,101)(H2,81,106)(H,82,109)(H,83,107)(H,84,108)(H,85,112)(H,86,111)(H,87,115)(H,88,116)(H,89,118)(H,90,119)(H,91,110)(H,92,117)(H,93,113)(H,94,114)(H,102,103)(H,104,105)/b13-11-/t42-,43-,46-,47-,48-,49-,50-,51-,52-,53-,54-,55-,60-,61-,76+,77+/m0/s1. The zero-order chi connectivity index (χ0) is 89.4. The first kappa shape index (κ1) is 102. The SMILES string of the molecule is CC[C@H](C)[C@@H]1NC(=O)[C@H](CC(N)=O)NC(=O)[C@H](CO)NC(=O)[C@](C)(NC(=O)[C@H](CO)NC(=O)[C@@H]2CCCN2C(C)=O)CCCCCC/C=C\CCC[C@](C)(C(=O)N[C@@H](Cc2ccccc2)C(=O)N[C@@H](CCCCN)C(=O)N[C@@H](CCC(=O)O)C(=O)N[C@@H](CC(=O)O)C(N)=O)NC(=O)[C@H](CC(N)=O)NC(=O)[C@H](CO)NC(=O)[C@H]([C@@H](C)CC)NC1=O. The van der Waals surface area contributed by atoms with E-state index in [-0.39, 0.29) is 90.1 Å². The molecule has 42 heteroatoms. The number of amides is 17. The first-order chi connectivity index (χ1) is 56.1. The number of carbonyl (C=O) groups is 19. The molecular formula is C77H122N18O24. The van der Waals surface area contributed by atoms with Crippen molar-refractivity contribution in [2.75, 3.05) is 32.9 Å². The number of nitrogens with zero attached hydrogens (tertiary/aromatic N) is 1. The van der Waals surface area contributed by atoms with Gasteiger partial charge in [-0.3, -0.25) is 91.1 Å². The summed E-state index contributed by atoms with van der Waals surface area (Å²) >= 11 is 0. The van der Waals surface area contributed by atoms with Crippen LogP contribution < -0.4 is 92.1 Å². The predicted molar refractivity (Wildman–Crippen MR) is 425 cm³/mol. The minimum Gasteiger partial charge on any atom is -0.481 e. The fraction of sp³-hybridized carbons (Fsp3) is 0.649. The molecule has 0 spiro atoms. The van der Waals surface area contributed by atoms with Gasteiger partial charge in [-0.2, -0.15) is 0 Å². The Morgan fingerprint density at radius 2 is 1.05 bits per heavy atom. The maximum Gasteiger partial charge on any atom is 0.305 e. The second-order valence-electron chi connectivity index (χ2n) is 30.3. The Bertz CT molecular complexity index is 3740. The van der Waals surface area contributed by atoms with Crippen LogP contribution >= 0.6 is 0 Å². The van der Waals surface area contributed by atoms with Gasteiger partial charge in [0.05, 0.1) is 39.1 Å². The molecule has 0 bridgehead atoms. The highest BCUT2D eigenvalue weighted by atomic mass is 16.4. The molecule has 0 aromatic heterocycles. The van der Waals surface area contributed by atoms with Gasteiger partial charge < -0.3 is 122 Å². The number of carboxylic acid groups (broad SMARTS) is 2. The molecule has 16 atom stereocenters. The van der Waals surface area contributed by atoms with Gasteiger partial charge in [-0.25, -0.2) is 0 Å². The molecular weight excluding hydrogens is 1560 g/mol. The summed E-state index contributed by atoms with van der Waals surface area (Å²) in [5.74, 6) is -23.1. The zero-order valence-corrected chi connectivity index (χ0v) is 68.5. The molecule has 1 fully saturated rings. The van der Waals surface area contributed by atoms with E-state index in [2.05, 4.69) is 69.1 Å². The second-order valence-corrected chi connectivity index (χ2v) is 30.3. The number of nitrogens with one attached hydrogen (secondary N) is 13. The van der Waals surface area contributed by atoms with Crippen molar-refractivity contribution in [3.05, 3.63) is 48.0 Å². The van der Waals surface area contributed by atoms with Gasteiger partial charge in [0, 0.05) is 26.3 Å². The number of rotatable bonds is 35. The molecule has 0 aliphatic carbocycles. The van der Waals surface area contributed by atoms with E-state index in [0.29, 0.717) is 37.7 Å². The first-order valence-corrected chi connectivity index (χ1v) is 39.9. The third-order valence-electron chi connectivity index (χ3n) is 20.7. The molecule has 1 saturated heterocycles. The number of nitrogens with two attached hydrogens (primary N) is 4. The number of carbonyl (C=O) groups excluding carboxylic acids is 17. The van der Waals surface area contributed by atoms with Crippen LogP contribution in [-0.2, 0) is 97.5 Å². The van der Waals surface area contributed by atoms with Crippen molar-refractivity contribution in [1.82, 2.24) is 74.0 Å². The van der Waals surface area contributed by atoms with Crippen molar-refractivity contribution in [2.24, 2.45) is 34.8 Å². The van der Waals surface area contributed by atoms with E-state index in [1.165, 1.54) is 39.5 Å². The summed E-state index contributed by atoms with van der Waals surface area (Å²) in [5, 5.41) is 82.5. The third-order valence-corrected chi connectivity index (χ3v) is 20.7. The van der Waals surface area contributed by atoms with Gasteiger partial charge >= 0.3 is 11.9 Å². The summed E-state index contributed by atoms with van der Waals surface area (Å²) in [5.41, 5.74) is 18.6. The number of likely N-dealkylation sites (tertiary alicyclic amines) is 1. The van der Waals surface area contributed by atoms with Gasteiger partial charge in [-0.15, -0.1) is 0 Å². The number of unbranched alkanes of at least 4 members (excludes halogenated alkanes) is 1. The van der Waals surface area contributed by atoms with Crippen LogP contribution in [0.4, 0.5) is 0 Å². The van der Waals surface area contributed by atoms with Crippen LogP contribution in [0.5, 0.6) is 0 Å². The maximum atomic E-state index is 15.3. The fourth-order valence-electron chi connectivity index (χ4n) is 13.1. The number of carboxylic acids is 2. The number of hydrogen-bond acceptors (Lipinski definition) is 23. The zero-order valence-electron chi connectivity index (χ0n) is 68.5. The number of allylic oxidation sites excluding steroid dienone is 2. The lowest BCUT2D eigenvalue weighted by Crippen LogP contribution is -2.65. The molecule has 0 saturated carbocycles. The van der Waals surface area contributed by atoms with Gasteiger partial charge in [-0.05, 0) is 115 Å². The van der Waals surface area contributed by atoms with Gasteiger partial charge in [0.1, 0.15) is 83.6 Å². The molecule has 0 radical (unpaired) electrons. The van der Waals surface area contributed by atoms with Crippen molar-refractivity contribution < 1.29 is 117 Å². The van der Waals surface area contributed by atoms with Crippen LogP contribution in [0.25, 0.3) is 0 Å². The van der Waals surface area contributed by atoms with Gasteiger partial charge in [0.2, 0.25) is 100 Å². The number of primary amides is 3. The van der Waals surface area contributed by atoms with Crippen molar-refractivity contribution in [1.29, 1.82) is 0 Å². The lowest BCUT2D eigenvalue weighted by atomic mass is 9.91. The molecule has 2 aliphatic rings. The fourth-order valence-corrected chi connectivity index (χ4v) is 13.1. The van der Waals surface area contributed by atoms with E-state index in [0.717, 1.165) is 0 Å². The van der Waals surface area contributed by atoms with E-state index in [9.17, 15) is 112 Å². The lowest BCUT2D eigenvalue weighted by molar-refractivity contribution is -0.141. The second kappa shape index (κ2) is 51.1. The summed E-state index contributed by atoms with van der Waals surface area (Å²) in [4.78, 5) is 262. The van der Waals surface area contributed by atoms with Crippen LogP contribution in [0.15, 0.2) is 42.5 Å². The molecule has 2 aliphatic heterocycles. The lowest BCUT2D eigenvalue weighted by Gasteiger charge is -2.34. The van der Waals surface area contributed by atoms with Crippen LogP contribution in [0.2, 0.25) is 0 Å². The van der Waals surface area contributed by atoms with Crippen molar-refractivity contribution in [3.8, 4) is 0 Å². The molecule has 1 aromatic carbocycles. The molecule has 17 amide bonds. The van der Waals surface area contributed by atoms with E-state index < -0.39 is 260 Å². The van der Waals surface area contributed by atoms with Crippen LogP contribution in [0.1, 0.15) is 189 Å². The summed E-state index contributed by atoms with van der Waals surface area (Å²) in [7, 11) is 0. The van der Waals surface area contributed by atoms with Gasteiger partial charge in [0.15, 0.2) is 0 Å². The number of hydrogen-bond donors (Lipinski definition) is 22. The highest BCUT2D eigenvalue weighted by molar-refractivity contribution is 6.03. The average Bonchev–Trinajstić information content (AvgIpc) is 1.26. The number of benzene rings is 1. The van der Waals surface area contributed by atoms with E-state index in [1.807, 2.05) is 0 Å². The molecule has 664 valence electrons. The molecule has 119 heavy (non-hydrogen) atoms. The van der Waals surface area contributed by atoms with Gasteiger partial charge in [0.25, 0.3) is 0 Å². The third kappa shape index (κ3) is 34.3. The highest BCUT2D eigenvalue weighted by Gasteiger charge is 2.45. The quantitative estimate of drug-likeness (QED) is 0.0222. The number of aliphatic hydroxyl groups excluding tert-OH is 3. The summed E-state index contributed by atoms with van der Waals surface area (Å²) in [6.07, 6.45) is 2.00. The van der Waals surface area contributed by atoms with Crippen LogP contribution in [-0.4, -0.2) is 259 Å². The Labute approximate surface area is 689 Å². The molecule has 2 heterocycles. The number of aliphatic carboxylic acids is 2. The molecule has 1 aromatic rings. The van der Waals surface area contributed by atoms with E-state index in [1.54, 1.807) is 56.3 Å². The Morgan fingerprint density at radius 3 is 1.57 bits per heavy atom. The maximum absolute atomic E-state index is 15.3. The van der Waals surface area contributed by atoms with Crippen molar-refractivity contribution in [3.63, 3.8) is 0 Å². The predicted octanol–water partition coefficient (Wildman–Crippen LogP) is -5.82. The Balaban J connectivity index is 2.24. The molecule has 0 unspecified atom stereocenters. The highest BCUT2D eigenvalue weighted by Crippen LogP contribution is 2.23.